The van der Waals surface area contributed by atoms with Gasteiger partial charge in [0, 0.05) is 24.4 Å². The summed E-state index contributed by atoms with van der Waals surface area (Å²) in [4.78, 5) is 5.98. The van der Waals surface area contributed by atoms with Crippen molar-refractivity contribution in [2.75, 3.05) is 13.7 Å². The van der Waals surface area contributed by atoms with Crippen molar-refractivity contribution in [3.63, 3.8) is 0 Å². The molecule has 0 aliphatic carbocycles. The molecule has 0 unspecified atom stereocenters. The third-order valence-corrected chi connectivity index (χ3v) is 4.14. The highest BCUT2D eigenvalue weighted by Gasteiger charge is 2.14. The number of hydrogen-bond donors (Lipinski definition) is 1. The van der Waals surface area contributed by atoms with Crippen LogP contribution < -0.4 is 14.8 Å². The molecule has 0 radical (unpaired) electrons. The molecule has 1 N–H and O–H groups in total. The summed E-state index contributed by atoms with van der Waals surface area (Å²) >= 11 is 1.74. The molecule has 5 heteroatoms. The average molecular weight is 276 g/mol. The van der Waals surface area contributed by atoms with E-state index in [-0.39, 0.29) is 0 Å². The zero-order valence-electron chi connectivity index (χ0n) is 10.8. The van der Waals surface area contributed by atoms with Gasteiger partial charge in [-0.1, -0.05) is 0 Å². The van der Waals surface area contributed by atoms with Crippen LogP contribution in [0.15, 0.2) is 24.3 Å². The van der Waals surface area contributed by atoms with Crippen molar-refractivity contribution in [3.05, 3.63) is 39.8 Å². The molecule has 0 saturated carbocycles. The Bertz CT molecular complexity index is 528. The number of nitrogens with zero attached hydrogens (tertiary/aromatic N) is 1. The summed E-state index contributed by atoms with van der Waals surface area (Å²) < 4.78 is 10.9. The second kappa shape index (κ2) is 5.59. The number of aromatic nitrogens is 1. The van der Waals surface area contributed by atoms with Crippen molar-refractivity contribution in [1.29, 1.82) is 0 Å². The molecular formula is C14H16N2O2S. The van der Waals surface area contributed by atoms with Gasteiger partial charge in [0.15, 0.2) is 0 Å². The summed E-state index contributed by atoms with van der Waals surface area (Å²) in [5.41, 5.74) is 1.23. The van der Waals surface area contributed by atoms with Gasteiger partial charge < -0.3 is 14.8 Å². The van der Waals surface area contributed by atoms with Gasteiger partial charge in [-0.15, -0.1) is 11.3 Å². The van der Waals surface area contributed by atoms with Crippen molar-refractivity contribution in [2.45, 2.75) is 19.6 Å². The van der Waals surface area contributed by atoms with E-state index in [1.165, 1.54) is 10.6 Å². The number of rotatable bonds is 4. The zero-order valence-corrected chi connectivity index (χ0v) is 11.6. The number of benzene rings is 1. The molecule has 2 heterocycles. The van der Waals surface area contributed by atoms with Crippen molar-refractivity contribution >= 4 is 11.3 Å². The fourth-order valence-corrected chi connectivity index (χ4v) is 3.06. The molecule has 0 spiro atoms. The number of nitrogens with one attached hydrogen (secondary N) is 1. The molecule has 100 valence electrons. The lowest BCUT2D eigenvalue weighted by atomic mass is 10.2. The minimum absolute atomic E-state index is 0.532. The Hall–Kier alpha value is -1.59. The van der Waals surface area contributed by atoms with Gasteiger partial charge in [-0.25, -0.2) is 4.98 Å². The first-order chi connectivity index (χ1) is 9.35. The van der Waals surface area contributed by atoms with E-state index in [1.807, 2.05) is 24.3 Å². The molecule has 3 rings (SSSR count). The van der Waals surface area contributed by atoms with Crippen LogP contribution >= 0.6 is 11.3 Å². The van der Waals surface area contributed by atoms with Crippen LogP contribution in [0.1, 0.15) is 15.6 Å². The average Bonchev–Trinajstić information content (AvgIpc) is 2.88. The van der Waals surface area contributed by atoms with Gasteiger partial charge in [-0.3, -0.25) is 0 Å². The minimum Gasteiger partial charge on any atom is -0.497 e. The third kappa shape index (κ3) is 2.88. The second-order valence-electron chi connectivity index (χ2n) is 4.37. The zero-order chi connectivity index (χ0) is 13.1. The van der Waals surface area contributed by atoms with Crippen molar-refractivity contribution in [2.24, 2.45) is 0 Å². The number of methoxy groups -OCH3 is 1. The predicted octanol–water partition coefficient (Wildman–Crippen LogP) is 2.38. The summed E-state index contributed by atoms with van der Waals surface area (Å²) in [7, 11) is 1.66. The Labute approximate surface area is 116 Å². The quantitative estimate of drug-likeness (QED) is 0.931. The highest BCUT2D eigenvalue weighted by Crippen LogP contribution is 2.23. The maximum Gasteiger partial charge on any atom is 0.140 e. The van der Waals surface area contributed by atoms with Crippen molar-refractivity contribution < 1.29 is 9.47 Å². The van der Waals surface area contributed by atoms with Crippen LogP contribution in [0.5, 0.6) is 11.5 Å². The standard InChI is InChI=1S/C14H16N2O2S/c1-17-10-2-4-11(5-3-10)18-9-14-16-12-6-7-15-8-13(12)19-14/h2-5,15H,6-9H2,1H3. The van der Waals surface area contributed by atoms with E-state index in [9.17, 15) is 0 Å². The van der Waals surface area contributed by atoms with Gasteiger partial charge in [0.05, 0.1) is 12.8 Å². The van der Waals surface area contributed by atoms with Gasteiger partial charge >= 0.3 is 0 Å². The molecule has 2 aromatic rings. The largest absolute Gasteiger partial charge is 0.497 e. The first kappa shape index (κ1) is 12.4. The first-order valence-electron chi connectivity index (χ1n) is 6.30. The molecule has 1 aromatic heterocycles. The Morgan fingerprint density at radius 3 is 2.79 bits per heavy atom. The number of thiazole rings is 1. The minimum atomic E-state index is 0.532. The smallest absolute Gasteiger partial charge is 0.140 e. The fourth-order valence-electron chi connectivity index (χ4n) is 2.06. The maximum atomic E-state index is 5.74. The van der Waals surface area contributed by atoms with Crippen LogP contribution in [0.3, 0.4) is 0 Å². The first-order valence-corrected chi connectivity index (χ1v) is 7.12. The van der Waals surface area contributed by atoms with E-state index in [0.29, 0.717) is 6.61 Å². The SMILES string of the molecule is COc1ccc(OCc2nc3c(s2)CNCC3)cc1. The van der Waals surface area contributed by atoms with Crippen LogP contribution in [0.2, 0.25) is 0 Å². The summed E-state index contributed by atoms with van der Waals surface area (Å²) in [6, 6.07) is 7.61. The summed E-state index contributed by atoms with van der Waals surface area (Å²) in [6.45, 7) is 2.50. The predicted molar refractivity (Wildman–Crippen MR) is 74.9 cm³/mol. The molecule has 0 saturated heterocycles. The molecule has 0 atom stereocenters. The summed E-state index contributed by atoms with van der Waals surface area (Å²) in [6.07, 6.45) is 1.02. The molecule has 1 aromatic carbocycles. The van der Waals surface area contributed by atoms with Crippen molar-refractivity contribution in [1.82, 2.24) is 10.3 Å². The van der Waals surface area contributed by atoms with Crippen LogP contribution in [0.25, 0.3) is 0 Å². The Morgan fingerprint density at radius 2 is 2.05 bits per heavy atom. The molecule has 0 fully saturated rings. The lowest BCUT2D eigenvalue weighted by molar-refractivity contribution is 0.304. The van der Waals surface area contributed by atoms with E-state index in [0.717, 1.165) is 36.0 Å². The third-order valence-electron chi connectivity index (χ3n) is 3.07. The molecule has 0 bridgehead atoms. The highest BCUT2D eigenvalue weighted by molar-refractivity contribution is 7.11. The fraction of sp³-hybridized carbons (Fsp3) is 0.357. The molecule has 1 aliphatic heterocycles. The van der Waals surface area contributed by atoms with E-state index in [2.05, 4.69) is 10.3 Å². The lowest BCUT2D eigenvalue weighted by Gasteiger charge is -2.09. The van der Waals surface area contributed by atoms with Crippen LogP contribution in [0.4, 0.5) is 0 Å². The van der Waals surface area contributed by atoms with Crippen molar-refractivity contribution in [3.8, 4) is 11.5 Å². The van der Waals surface area contributed by atoms with Crippen LogP contribution in [-0.4, -0.2) is 18.6 Å². The van der Waals surface area contributed by atoms with E-state index >= 15 is 0 Å². The summed E-state index contributed by atoms with van der Waals surface area (Å²) in [5.74, 6) is 1.68. The topological polar surface area (TPSA) is 43.4 Å². The van der Waals surface area contributed by atoms with E-state index < -0.39 is 0 Å². The van der Waals surface area contributed by atoms with Gasteiger partial charge in [-0.2, -0.15) is 0 Å². The molecule has 1 aliphatic rings. The Kier molecular flexibility index (Phi) is 3.66. The lowest BCUT2D eigenvalue weighted by Crippen LogP contribution is -2.22. The number of fused-ring (bicyclic) bond motifs is 1. The Morgan fingerprint density at radius 1 is 1.26 bits per heavy atom. The number of hydrogen-bond acceptors (Lipinski definition) is 5. The summed E-state index contributed by atoms with van der Waals surface area (Å²) in [5, 5.41) is 4.40. The molecule has 19 heavy (non-hydrogen) atoms. The highest BCUT2D eigenvalue weighted by atomic mass is 32.1. The monoisotopic (exact) mass is 276 g/mol. The van der Waals surface area contributed by atoms with Gasteiger partial charge in [0.2, 0.25) is 0 Å². The Balaban J connectivity index is 1.63. The van der Waals surface area contributed by atoms with Gasteiger partial charge in [-0.05, 0) is 24.3 Å². The van der Waals surface area contributed by atoms with E-state index in [4.69, 9.17) is 9.47 Å². The molecule has 0 amide bonds. The van der Waals surface area contributed by atoms with Gasteiger partial charge in [0.1, 0.15) is 23.1 Å². The normalized spacial score (nSPS) is 13.9. The second-order valence-corrected chi connectivity index (χ2v) is 5.54. The van der Waals surface area contributed by atoms with E-state index in [1.54, 1.807) is 18.4 Å². The number of ether oxygens (including phenoxy) is 2. The van der Waals surface area contributed by atoms with Crippen LogP contribution in [0, 0.1) is 0 Å². The molecular weight excluding hydrogens is 260 g/mol. The van der Waals surface area contributed by atoms with Crippen LogP contribution in [-0.2, 0) is 19.6 Å². The maximum absolute atomic E-state index is 5.74. The molecule has 4 nitrogen and oxygen atoms in total. The van der Waals surface area contributed by atoms with Gasteiger partial charge in [0.25, 0.3) is 0 Å².